The fourth-order valence-electron chi connectivity index (χ4n) is 0.703. The summed E-state index contributed by atoms with van der Waals surface area (Å²) in [5.74, 6) is -0.211. The number of aliphatic hydroxyl groups is 1. The molecule has 0 aliphatic rings. The molecule has 0 aromatic carbocycles. The number of esters is 1. The fourth-order valence-corrected chi connectivity index (χ4v) is 0.703. The van der Waals surface area contributed by atoms with Crippen molar-refractivity contribution < 1.29 is 14.6 Å². The van der Waals surface area contributed by atoms with Crippen molar-refractivity contribution in [3.05, 3.63) is 0 Å². The van der Waals surface area contributed by atoms with E-state index >= 15 is 0 Å². The summed E-state index contributed by atoms with van der Waals surface area (Å²) in [7, 11) is 0. The highest BCUT2D eigenvalue weighted by molar-refractivity contribution is 6.63. The molecule has 0 spiro atoms. The minimum Gasteiger partial charge on any atom is -0.466 e. The van der Waals surface area contributed by atoms with Crippen LogP contribution in [0.4, 0.5) is 0 Å². The number of hydrogen-bond donors (Lipinski definition) is 1. The normalized spacial score (nSPS) is 8.11. The molecule has 0 bridgehead atoms. The van der Waals surface area contributed by atoms with E-state index in [0.717, 1.165) is 0 Å². The van der Waals surface area contributed by atoms with Crippen LogP contribution < -0.4 is 0 Å². The Hall–Kier alpha value is 0.300. The Morgan fingerprint density at radius 3 is 1.37 bits per heavy atom. The smallest absolute Gasteiger partial charge is 0.302 e. The van der Waals surface area contributed by atoms with Gasteiger partial charge in [0, 0.05) is 13.5 Å². The van der Waals surface area contributed by atoms with Crippen LogP contribution in [-0.2, 0) is 9.53 Å². The average molecular weight is 340 g/mol. The maximum absolute atomic E-state index is 9.82. The first-order chi connectivity index (χ1) is 8.83. The van der Waals surface area contributed by atoms with E-state index in [1.54, 1.807) is 13.8 Å². The van der Waals surface area contributed by atoms with Crippen LogP contribution in [-0.4, -0.2) is 28.6 Å². The Labute approximate surface area is 133 Å². The van der Waals surface area contributed by atoms with Gasteiger partial charge in [0.05, 0.1) is 6.61 Å². The minimum atomic E-state index is -0.750. The zero-order chi connectivity index (χ0) is 16.1. The highest BCUT2D eigenvalue weighted by atomic mass is 35.6. The van der Waals surface area contributed by atoms with E-state index in [-0.39, 0.29) is 12.6 Å². The van der Waals surface area contributed by atoms with Crippen molar-refractivity contribution in [1.82, 2.24) is 0 Å². The molecule has 1 N–H and O–H groups in total. The summed E-state index contributed by atoms with van der Waals surface area (Å²) < 4.78 is 3.65. The summed E-state index contributed by atoms with van der Waals surface area (Å²) in [6, 6.07) is 0. The van der Waals surface area contributed by atoms with Crippen molar-refractivity contribution in [3.8, 4) is 0 Å². The highest BCUT2D eigenvalue weighted by Gasteiger charge is 1.81. The Kier molecular flexibility index (Phi) is 45.0. The third-order valence-corrected chi connectivity index (χ3v) is 1.30. The fraction of sp³-hybridized carbons (Fsp3) is 0.923. The monoisotopic (exact) mass is 338 g/mol. The van der Waals surface area contributed by atoms with Gasteiger partial charge in [-0.1, -0.05) is 74.3 Å². The molecule has 0 atom stereocenters. The van der Waals surface area contributed by atoms with Gasteiger partial charge >= 0.3 is 5.97 Å². The SMILES string of the molecule is CCCCCC.CCO.CCOC(C)=O.ClC(Cl)Cl. The van der Waals surface area contributed by atoms with Gasteiger partial charge in [0.25, 0.3) is 0 Å². The molecule has 0 saturated carbocycles. The number of ether oxygens (including phenoxy) is 1. The van der Waals surface area contributed by atoms with E-state index in [2.05, 4.69) is 18.6 Å². The molecule has 0 amide bonds. The molecule has 0 aliphatic heterocycles. The zero-order valence-corrected chi connectivity index (χ0v) is 15.0. The van der Waals surface area contributed by atoms with Crippen LogP contribution in [0.25, 0.3) is 0 Å². The molecule has 0 unspecified atom stereocenters. The second kappa shape index (κ2) is 31.0. The first-order valence-electron chi connectivity index (χ1n) is 6.50. The predicted octanol–water partition coefficient (Wildman–Crippen LogP) is 5.14. The maximum atomic E-state index is 9.82. The molecule has 19 heavy (non-hydrogen) atoms. The van der Waals surface area contributed by atoms with E-state index in [4.69, 9.17) is 39.9 Å². The van der Waals surface area contributed by atoms with E-state index in [0.29, 0.717) is 6.61 Å². The van der Waals surface area contributed by atoms with E-state index in [1.165, 1.54) is 32.6 Å². The van der Waals surface area contributed by atoms with Crippen LogP contribution in [0.1, 0.15) is 60.3 Å². The maximum Gasteiger partial charge on any atom is 0.302 e. The van der Waals surface area contributed by atoms with E-state index in [1.807, 2.05) is 0 Å². The molecule has 0 aromatic heterocycles. The first-order valence-corrected chi connectivity index (χ1v) is 7.81. The van der Waals surface area contributed by atoms with Crippen LogP contribution >= 0.6 is 34.8 Å². The lowest BCUT2D eigenvalue weighted by atomic mass is 10.2. The van der Waals surface area contributed by atoms with Crippen LogP contribution in [0.2, 0.25) is 0 Å². The van der Waals surface area contributed by atoms with Gasteiger partial charge in [-0.3, -0.25) is 4.79 Å². The summed E-state index contributed by atoms with van der Waals surface area (Å²) >= 11 is 14.4. The molecule has 6 heteroatoms. The summed E-state index contributed by atoms with van der Waals surface area (Å²) in [6.07, 6.45) is 5.54. The van der Waals surface area contributed by atoms with Gasteiger partial charge in [0.2, 0.25) is 0 Å². The van der Waals surface area contributed by atoms with Gasteiger partial charge in [-0.05, 0) is 13.8 Å². The first kappa shape index (κ1) is 27.6. The number of hydrogen-bond acceptors (Lipinski definition) is 3. The van der Waals surface area contributed by atoms with Gasteiger partial charge in [0.1, 0.15) is 0 Å². The van der Waals surface area contributed by atoms with Crippen molar-refractivity contribution in [3.63, 3.8) is 0 Å². The molecule has 0 aromatic rings. The average Bonchev–Trinajstić information content (AvgIpc) is 2.27. The molecule has 0 rings (SSSR count). The predicted molar refractivity (Wildman–Crippen MR) is 86.2 cm³/mol. The van der Waals surface area contributed by atoms with Crippen LogP contribution in [0.3, 0.4) is 0 Å². The molecule has 3 nitrogen and oxygen atoms in total. The number of alkyl halides is 3. The molecule has 120 valence electrons. The Morgan fingerprint density at radius 2 is 1.32 bits per heavy atom. The molecule has 0 fully saturated rings. The number of halogens is 3. The van der Waals surface area contributed by atoms with Gasteiger partial charge in [-0.15, -0.1) is 0 Å². The Bertz CT molecular complexity index is 138. The standard InChI is InChI=1S/C6H14.C4H8O2.C2H6O.CHCl3/c1-3-5-6-4-2;1-3-6-4(2)5;1-2-3;2-1(3)4/h3-6H2,1-2H3;3H2,1-2H3;3H,2H2,1H3;1H. The molecule has 0 saturated heterocycles. The molecule has 0 heterocycles. The second-order valence-electron chi connectivity index (χ2n) is 3.20. The number of unbranched alkanes of at least 4 members (excludes halogenated alkanes) is 3. The summed E-state index contributed by atoms with van der Waals surface area (Å²) in [6.45, 7) is 10.0. The van der Waals surface area contributed by atoms with Gasteiger partial charge in [-0.25, -0.2) is 0 Å². The number of carbonyl (C=O) groups is 1. The van der Waals surface area contributed by atoms with Crippen LogP contribution in [0.5, 0.6) is 0 Å². The Balaban J connectivity index is -0.0000000821. The lowest BCUT2D eigenvalue weighted by Gasteiger charge is -1.89. The Morgan fingerprint density at radius 1 is 1.05 bits per heavy atom. The topological polar surface area (TPSA) is 46.5 Å². The number of rotatable bonds is 4. The molecular formula is C13H29Cl3O3. The van der Waals surface area contributed by atoms with Crippen LogP contribution in [0.15, 0.2) is 0 Å². The summed E-state index contributed by atoms with van der Waals surface area (Å²) in [5, 5.41) is 7.57. The van der Waals surface area contributed by atoms with Crippen molar-refractivity contribution in [2.75, 3.05) is 13.2 Å². The third-order valence-electron chi connectivity index (χ3n) is 1.30. The second-order valence-corrected chi connectivity index (χ2v) is 5.17. The molecule has 0 aliphatic carbocycles. The zero-order valence-electron chi connectivity index (χ0n) is 12.7. The lowest BCUT2D eigenvalue weighted by molar-refractivity contribution is -0.140. The molecule has 0 radical (unpaired) electrons. The van der Waals surface area contributed by atoms with Gasteiger partial charge in [0.15, 0.2) is 4.30 Å². The van der Waals surface area contributed by atoms with Gasteiger partial charge < -0.3 is 9.84 Å². The summed E-state index contributed by atoms with van der Waals surface area (Å²) in [5.41, 5.74) is 0. The largest absolute Gasteiger partial charge is 0.466 e. The summed E-state index contributed by atoms with van der Waals surface area (Å²) in [4.78, 5) is 9.82. The molecular weight excluding hydrogens is 310 g/mol. The minimum absolute atomic E-state index is 0.211. The lowest BCUT2D eigenvalue weighted by Crippen LogP contribution is -1.95. The van der Waals surface area contributed by atoms with E-state index in [9.17, 15) is 4.79 Å². The van der Waals surface area contributed by atoms with Crippen molar-refractivity contribution in [1.29, 1.82) is 0 Å². The quantitative estimate of drug-likeness (QED) is 0.438. The number of aliphatic hydroxyl groups excluding tert-OH is 1. The van der Waals surface area contributed by atoms with Crippen molar-refractivity contribution in [2.24, 2.45) is 0 Å². The van der Waals surface area contributed by atoms with Crippen molar-refractivity contribution in [2.45, 2.75) is 64.6 Å². The van der Waals surface area contributed by atoms with Crippen molar-refractivity contribution >= 4 is 40.8 Å². The van der Waals surface area contributed by atoms with E-state index < -0.39 is 4.30 Å². The third kappa shape index (κ3) is 123. The highest BCUT2D eigenvalue weighted by Crippen LogP contribution is 2.03. The number of carbonyl (C=O) groups excluding carboxylic acids is 1. The van der Waals surface area contributed by atoms with Crippen LogP contribution in [0, 0.1) is 0 Å². The van der Waals surface area contributed by atoms with Gasteiger partial charge in [-0.2, -0.15) is 0 Å².